The molecular weight excluding hydrogens is 522 g/mol. The highest BCUT2D eigenvalue weighted by Gasteiger charge is 2.32. The van der Waals surface area contributed by atoms with E-state index in [1.165, 1.54) is 23.5 Å². The summed E-state index contributed by atoms with van der Waals surface area (Å²) in [7, 11) is -2.53. The predicted molar refractivity (Wildman–Crippen MR) is 145 cm³/mol. The fourth-order valence-electron chi connectivity index (χ4n) is 4.35. The van der Waals surface area contributed by atoms with Crippen LogP contribution in [-0.4, -0.2) is 75.6 Å². The van der Waals surface area contributed by atoms with E-state index in [1.54, 1.807) is 12.1 Å². The molecule has 1 heterocycles. The zero-order valence-electron chi connectivity index (χ0n) is 22.4. The molecule has 0 spiro atoms. The van der Waals surface area contributed by atoms with Crippen LogP contribution in [0.15, 0.2) is 59.5 Å². The number of sulfonamides is 1. The topological polar surface area (TPSA) is 138 Å². The number of nitrogens with one attached hydrogen (secondary N) is 1. The summed E-state index contributed by atoms with van der Waals surface area (Å²) in [5.74, 6) is 0.374. The van der Waals surface area contributed by atoms with E-state index in [2.05, 4.69) is 11.4 Å². The second-order valence-corrected chi connectivity index (χ2v) is 11.6. The highest BCUT2D eigenvalue weighted by Crippen LogP contribution is 2.23. The number of alkyl carbamates (subject to hydrolysis) is 1. The number of nitriles is 1. The Hall–Kier alpha value is -3.17. The molecule has 10 nitrogen and oxygen atoms in total. The maximum atomic E-state index is 13.7. The smallest absolute Gasteiger partial charge is 0.407 e. The number of aliphatic hydroxyl groups is 1. The maximum absolute atomic E-state index is 13.7. The van der Waals surface area contributed by atoms with Crippen molar-refractivity contribution in [1.29, 1.82) is 5.26 Å². The molecule has 4 atom stereocenters. The summed E-state index contributed by atoms with van der Waals surface area (Å²) in [4.78, 5) is 12.7. The lowest BCUT2D eigenvalue weighted by atomic mass is 10.0. The van der Waals surface area contributed by atoms with E-state index in [0.717, 1.165) is 5.56 Å². The van der Waals surface area contributed by atoms with Crippen LogP contribution in [0.4, 0.5) is 4.79 Å². The second-order valence-electron chi connectivity index (χ2n) is 9.70. The van der Waals surface area contributed by atoms with Crippen molar-refractivity contribution in [3.8, 4) is 11.8 Å². The van der Waals surface area contributed by atoms with Crippen LogP contribution in [0.2, 0.25) is 0 Å². The summed E-state index contributed by atoms with van der Waals surface area (Å²) in [5.41, 5.74) is 0.859. The third-order valence-corrected chi connectivity index (χ3v) is 8.43. The molecular formula is C28H37N3O7S. The number of ether oxygens (including phenoxy) is 3. The Morgan fingerprint density at radius 1 is 1.21 bits per heavy atom. The number of carbonyl (C=O) groups excluding carboxylic acids is 1. The summed E-state index contributed by atoms with van der Waals surface area (Å²) in [6.07, 6.45) is -0.678. The number of aliphatic hydroxyl groups excluding tert-OH is 1. The number of hydrogen-bond donors (Lipinski definition) is 2. The van der Waals surface area contributed by atoms with Gasteiger partial charge in [-0.05, 0) is 48.6 Å². The van der Waals surface area contributed by atoms with Gasteiger partial charge in [0.2, 0.25) is 10.0 Å². The van der Waals surface area contributed by atoms with Gasteiger partial charge in [-0.2, -0.15) is 9.57 Å². The molecule has 2 aromatic rings. The Kier molecular flexibility index (Phi) is 11.6. The van der Waals surface area contributed by atoms with E-state index in [9.17, 15) is 18.3 Å². The van der Waals surface area contributed by atoms with E-state index < -0.39 is 28.3 Å². The number of nitrogens with zero attached hydrogens (tertiary/aromatic N) is 2. The van der Waals surface area contributed by atoms with Crippen molar-refractivity contribution in [3.63, 3.8) is 0 Å². The van der Waals surface area contributed by atoms with Crippen LogP contribution in [0.3, 0.4) is 0 Å². The van der Waals surface area contributed by atoms with Crippen molar-refractivity contribution < 1.29 is 32.5 Å². The lowest BCUT2D eigenvalue weighted by Gasteiger charge is -2.31. The van der Waals surface area contributed by atoms with Crippen molar-refractivity contribution in [2.75, 3.05) is 33.4 Å². The second kappa shape index (κ2) is 14.8. The minimum atomic E-state index is -4.02. The monoisotopic (exact) mass is 559 g/mol. The lowest BCUT2D eigenvalue weighted by molar-refractivity contribution is 0.0642. The zero-order chi connectivity index (χ0) is 28.3. The molecule has 1 aliphatic heterocycles. The first-order chi connectivity index (χ1) is 18.7. The minimum Gasteiger partial charge on any atom is -0.497 e. The number of amides is 1. The van der Waals surface area contributed by atoms with Crippen molar-refractivity contribution in [2.24, 2.45) is 5.92 Å². The highest BCUT2D eigenvalue weighted by atomic mass is 32.2. The molecule has 1 fully saturated rings. The molecule has 2 aromatic carbocycles. The number of benzene rings is 2. The van der Waals surface area contributed by atoms with Gasteiger partial charge in [-0.3, -0.25) is 0 Å². The summed E-state index contributed by atoms with van der Waals surface area (Å²) in [6.45, 7) is 2.51. The Bertz CT molecular complexity index is 1180. The standard InChI is InChI=1S/C28H37N3O7S/c1-21(7-6-15-29)18-31(39(34,35)25-12-10-23(36-2)11-13-25)19-27(32)26(17-22-8-4-3-5-9-22)30-28(33)38-24-14-16-37-20-24/h3-5,8-13,21,24,26-27,32H,6-7,14,16-20H2,1-2H3,(H,30,33). The number of methoxy groups -OCH3 is 1. The molecule has 0 saturated carbocycles. The Morgan fingerprint density at radius 3 is 2.54 bits per heavy atom. The first-order valence-corrected chi connectivity index (χ1v) is 14.4. The molecule has 0 aliphatic carbocycles. The fraction of sp³-hybridized carbons (Fsp3) is 0.500. The Labute approximate surface area is 230 Å². The molecule has 212 valence electrons. The largest absolute Gasteiger partial charge is 0.497 e. The third-order valence-electron chi connectivity index (χ3n) is 6.58. The van der Waals surface area contributed by atoms with Gasteiger partial charge in [-0.1, -0.05) is 37.3 Å². The quantitative estimate of drug-likeness (QED) is 0.360. The molecule has 0 bridgehead atoms. The van der Waals surface area contributed by atoms with Gasteiger partial charge >= 0.3 is 6.09 Å². The molecule has 1 amide bonds. The molecule has 3 rings (SSSR count). The normalized spacial score (nSPS) is 17.7. The Balaban J connectivity index is 1.83. The molecule has 39 heavy (non-hydrogen) atoms. The van der Waals surface area contributed by atoms with Gasteiger partial charge in [0.25, 0.3) is 0 Å². The summed E-state index contributed by atoms with van der Waals surface area (Å²) in [6, 6.07) is 16.6. The van der Waals surface area contributed by atoms with Gasteiger partial charge < -0.3 is 24.6 Å². The van der Waals surface area contributed by atoms with Gasteiger partial charge in [0, 0.05) is 25.9 Å². The number of hydrogen-bond acceptors (Lipinski definition) is 8. The fourth-order valence-corrected chi connectivity index (χ4v) is 5.93. The highest BCUT2D eigenvalue weighted by molar-refractivity contribution is 7.89. The van der Waals surface area contributed by atoms with E-state index in [1.807, 2.05) is 37.3 Å². The van der Waals surface area contributed by atoms with Gasteiger partial charge in [-0.15, -0.1) is 0 Å². The van der Waals surface area contributed by atoms with Crippen molar-refractivity contribution in [3.05, 3.63) is 60.2 Å². The van der Waals surface area contributed by atoms with E-state index in [-0.39, 0.29) is 42.8 Å². The average molecular weight is 560 g/mol. The van der Waals surface area contributed by atoms with Crippen LogP contribution in [0.25, 0.3) is 0 Å². The molecule has 0 radical (unpaired) electrons. The first kappa shape index (κ1) is 30.4. The van der Waals surface area contributed by atoms with Crippen LogP contribution < -0.4 is 10.1 Å². The van der Waals surface area contributed by atoms with E-state index >= 15 is 0 Å². The number of rotatable bonds is 14. The maximum Gasteiger partial charge on any atom is 0.407 e. The van der Waals surface area contributed by atoms with Crippen LogP contribution >= 0.6 is 0 Å². The van der Waals surface area contributed by atoms with E-state index in [0.29, 0.717) is 31.8 Å². The predicted octanol–water partition coefficient (Wildman–Crippen LogP) is 3.11. The van der Waals surface area contributed by atoms with Crippen LogP contribution in [-0.2, 0) is 25.9 Å². The summed E-state index contributed by atoms with van der Waals surface area (Å²) >= 11 is 0. The molecule has 1 saturated heterocycles. The molecule has 2 N–H and O–H groups in total. The van der Waals surface area contributed by atoms with Crippen LogP contribution in [0, 0.1) is 17.2 Å². The van der Waals surface area contributed by atoms with Crippen molar-refractivity contribution >= 4 is 16.1 Å². The first-order valence-electron chi connectivity index (χ1n) is 13.0. The van der Waals surface area contributed by atoms with Crippen molar-refractivity contribution in [2.45, 2.75) is 55.8 Å². The molecule has 1 aliphatic rings. The van der Waals surface area contributed by atoms with Gasteiger partial charge in [0.15, 0.2) is 0 Å². The van der Waals surface area contributed by atoms with Gasteiger partial charge in [0.1, 0.15) is 11.9 Å². The zero-order valence-corrected chi connectivity index (χ0v) is 23.2. The van der Waals surface area contributed by atoms with E-state index in [4.69, 9.17) is 19.5 Å². The number of carbonyl (C=O) groups is 1. The molecule has 11 heteroatoms. The summed E-state index contributed by atoms with van der Waals surface area (Å²) in [5, 5.41) is 23.1. The van der Waals surface area contributed by atoms with Gasteiger partial charge in [0.05, 0.1) is 43.4 Å². The third kappa shape index (κ3) is 9.21. The minimum absolute atomic E-state index is 0.0520. The lowest BCUT2D eigenvalue weighted by Crippen LogP contribution is -2.51. The SMILES string of the molecule is COc1ccc(S(=O)(=O)N(CC(C)CCC#N)CC(O)C(Cc2ccccc2)NC(=O)OC2CCOC2)cc1. The van der Waals surface area contributed by atoms with Gasteiger partial charge in [-0.25, -0.2) is 13.2 Å². The average Bonchev–Trinajstić information content (AvgIpc) is 3.44. The van der Waals surface area contributed by atoms with Crippen molar-refractivity contribution in [1.82, 2.24) is 9.62 Å². The van der Waals surface area contributed by atoms with Crippen LogP contribution in [0.5, 0.6) is 5.75 Å². The Morgan fingerprint density at radius 2 is 1.92 bits per heavy atom. The molecule has 0 aromatic heterocycles. The summed E-state index contributed by atoms with van der Waals surface area (Å²) < 4.78 is 44.5. The van der Waals surface area contributed by atoms with Crippen LogP contribution in [0.1, 0.15) is 31.7 Å². The molecule has 4 unspecified atom stereocenters.